The molecule has 3 N–H and O–H groups in total. The Kier molecular flexibility index (Phi) is 4.16. The van der Waals surface area contributed by atoms with Crippen molar-refractivity contribution in [2.75, 3.05) is 5.32 Å². The molecule has 1 aromatic carbocycles. The van der Waals surface area contributed by atoms with Crippen molar-refractivity contribution in [1.29, 1.82) is 0 Å². The quantitative estimate of drug-likeness (QED) is 0.809. The average molecular weight is 327 g/mol. The minimum absolute atomic E-state index is 0.225. The number of urea groups is 1. The largest absolute Gasteiger partial charge is 0.326 e. The van der Waals surface area contributed by atoms with E-state index in [1.807, 2.05) is 48.7 Å². The lowest BCUT2D eigenvalue weighted by molar-refractivity contribution is -0.113. The van der Waals surface area contributed by atoms with Crippen molar-refractivity contribution in [1.82, 2.24) is 10.6 Å². The van der Waals surface area contributed by atoms with Gasteiger partial charge in [0.25, 0.3) is 5.91 Å². The van der Waals surface area contributed by atoms with Crippen LogP contribution in [0.3, 0.4) is 0 Å². The fourth-order valence-corrected chi connectivity index (χ4v) is 3.49. The van der Waals surface area contributed by atoms with Gasteiger partial charge < -0.3 is 16.0 Å². The number of thiophene rings is 1. The van der Waals surface area contributed by atoms with E-state index in [1.165, 1.54) is 11.3 Å². The lowest BCUT2D eigenvalue weighted by atomic mass is 10.00. The Hall–Kier alpha value is -2.60. The first-order valence-corrected chi connectivity index (χ1v) is 8.12. The van der Waals surface area contributed by atoms with E-state index in [1.54, 1.807) is 6.92 Å². The van der Waals surface area contributed by atoms with Gasteiger partial charge in [0.05, 0.1) is 11.6 Å². The predicted octanol–water partition coefficient (Wildman–Crippen LogP) is 3.32. The molecule has 0 unspecified atom stereocenters. The third-order valence-electron chi connectivity index (χ3n) is 3.58. The Morgan fingerprint density at radius 1 is 1.22 bits per heavy atom. The van der Waals surface area contributed by atoms with Gasteiger partial charge >= 0.3 is 6.03 Å². The third kappa shape index (κ3) is 3.27. The van der Waals surface area contributed by atoms with Gasteiger partial charge in [-0.1, -0.05) is 18.2 Å². The smallest absolute Gasteiger partial charge is 0.319 e. The van der Waals surface area contributed by atoms with Gasteiger partial charge in [-0.25, -0.2) is 4.79 Å². The fourth-order valence-electron chi connectivity index (χ4n) is 2.53. The van der Waals surface area contributed by atoms with Crippen LogP contribution in [-0.2, 0) is 4.79 Å². The zero-order valence-corrected chi connectivity index (χ0v) is 13.7. The van der Waals surface area contributed by atoms with Crippen LogP contribution >= 0.6 is 11.3 Å². The molecule has 6 heteroatoms. The van der Waals surface area contributed by atoms with Gasteiger partial charge in [-0.05, 0) is 43.0 Å². The molecular formula is C17H17N3O2S. The van der Waals surface area contributed by atoms with Crippen LogP contribution in [0.4, 0.5) is 10.5 Å². The van der Waals surface area contributed by atoms with Gasteiger partial charge in [0.1, 0.15) is 0 Å². The zero-order chi connectivity index (χ0) is 16.4. The van der Waals surface area contributed by atoms with E-state index >= 15 is 0 Å². The number of para-hydroxylation sites is 1. The van der Waals surface area contributed by atoms with Gasteiger partial charge in [0, 0.05) is 16.3 Å². The number of hydrogen-bond donors (Lipinski definition) is 3. The van der Waals surface area contributed by atoms with Crippen LogP contribution in [0.5, 0.6) is 0 Å². The van der Waals surface area contributed by atoms with Crippen molar-refractivity contribution in [2.24, 2.45) is 0 Å². The molecule has 5 nitrogen and oxygen atoms in total. The Bertz CT molecular complexity index is 780. The summed E-state index contributed by atoms with van der Waals surface area (Å²) < 4.78 is 0. The summed E-state index contributed by atoms with van der Waals surface area (Å²) in [7, 11) is 0. The molecule has 0 saturated heterocycles. The number of anilines is 1. The minimum Gasteiger partial charge on any atom is -0.326 e. The van der Waals surface area contributed by atoms with Crippen LogP contribution in [0.15, 0.2) is 53.0 Å². The fraction of sp³-hybridized carbons (Fsp3) is 0.176. The van der Waals surface area contributed by atoms with Crippen molar-refractivity contribution in [3.05, 3.63) is 63.5 Å². The summed E-state index contributed by atoms with van der Waals surface area (Å²) in [5.41, 5.74) is 2.92. The van der Waals surface area contributed by atoms with Gasteiger partial charge in [-0.15, -0.1) is 11.3 Å². The molecule has 0 fully saturated rings. The second kappa shape index (κ2) is 6.26. The molecule has 3 amide bonds. The van der Waals surface area contributed by atoms with Gasteiger partial charge in [-0.2, -0.15) is 0 Å². The number of amides is 3. The Morgan fingerprint density at radius 3 is 2.61 bits per heavy atom. The van der Waals surface area contributed by atoms with Crippen molar-refractivity contribution >= 4 is 29.0 Å². The highest BCUT2D eigenvalue weighted by molar-refractivity contribution is 7.10. The summed E-state index contributed by atoms with van der Waals surface area (Å²) in [4.78, 5) is 25.5. The summed E-state index contributed by atoms with van der Waals surface area (Å²) in [6.07, 6.45) is 0. The first-order chi connectivity index (χ1) is 11.0. The molecule has 0 aliphatic carbocycles. The number of rotatable bonds is 3. The van der Waals surface area contributed by atoms with Crippen LogP contribution in [0.25, 0.3) is 0 Å². The highest BCUT2D eigenvalue weighted by Crippen LogP contribution is 2.31. The second-order valence-corrected chi connectivity index (χ2v) is 6.36. The standard InChI is InChI=1S/C17H17N3O2S/c1-10-8-13(23-9-10)15-14(11(2)18-17(22)20-15)16(21)19-12-6-4-3-5-7-12/h3-9,15H,1-2H3,(H,19,21)(H2,18,20,22)/t15-/m1/s1. The predicted molar refractivity (Wildman–Crippen MR) is 91.2 cm³/mol. The maximum Gasteiger partial charge on any atom is 0.319 e. The van der Waals surface area contributed by atoms with Crippen LogP contribution in [0.2, 0.25) is 0 Å². The molecule has 0 radical (unpaired) electrons. The molecule has 118 valence electrons. The van der Waals surface area contributed by atoms with Gasteiger partial charge in [0.2, 0.25) is 0 Å². The van der Waals surface area contributed by atoms with Crippen molar-refractivity contribution in [3.8, 4) is 0 Å². The Labute approximate surface area is 138 Å². The number of nitrogens with one attached hydrogen (secondary N) is 3. The molecule has 2 aromatic rings. The van der Waals surface area contributed by atoms with E-state index < -0.39 is 6.04 Å². The molecule has 3 rings (SSSR count). The molecular weight excluding hydrogens is 310 g/mol. The molecule has 1 atom stereocenters. The number of carbonyl (C=O) groups excluding carboxylic acids is 2. The van der Waals surface area contributed by atoms with Crippen molar-refractivity contribution < 1.29 is 9.59 Å². The van der Waals surface area contributed by atoms with Crippen LogP contribution in [0, 0.1) is 6.92 Å². The van der Waals surface area contributed by atoms with Crippen molar-refractivity contribution in [3.63, 3.8) is 0 Å². The molecule has 1 aromatic heterocycles. The zero-order valence-electron chi connectivity index (χ0n) is 12.8. The monoisotopic (exact) mass is 327 g/mol. The van der Waals surface area contributed by atoms with Crippen LogP contribution in [0.1, 0.15) is 23.4 Å². The van der Waals surface area contributed by atoms with Gasteiger partial charge in [0.15, 0.2) is 0 Å². The topological polar surface area (TPSA) is 70.2 Å². The molecule has 1 aliphatic heterocycles. The lowest BCUT2D eigenvalue weighted by Gasteiger charge is -2.27. The average Bonchev–Trinajstić information content (AvgIpc) is 2.93. The summed E-state index contributed by atoms with van der Waals surface area (Å²) >= 11 is 1.53. The molecule has 1 aliphatic rings. The summed E-state index contributed by atoms with van der Waals surface area (Å²) in [5, 5.41) is 10.4. The normalized spacial score (nSPS) is 17.5. The molecule has 0 spiro atoms. The third-order valence-corrected chi connectivity index (χ3v) is 4.70. The number of benzene rings is 1. The van der Waals surface area contributed by atoms with E-state index in [9.17, 15) is 9.59 Å². The number of hydrogen-bond acceptors (Lipinski definition) is 3. The second-order valence-electron chi connectivity index (χ2n) is 5.42. The molecule has 0 bridgehead atoms. The maximum absolute atomic E-state index is 12.7. The van der Waals surface area contributed by atoms with E-state index in [-0.39, 0.29) is 11.9 Å². The van der Waals surface area contributed by atoms with Crippen molar-refractivity contribution in [2.45, 2.75) is 19.9 Å². The number of carbonyl (C=O) groups is 2. The van der Waals surface area contributed by atoms with E-state index in [0.717, 1.165) is 16.1 Å². The summed E-state index contributed by atoms with van der Waals surface area (Å²) in [5.74, 6) is -0.225. The van der Waals surface area contributed by atoms with Gasteiger partial charge in [-0.3, -0.25) is 4.79 Å². The molecule has 23 heavy (non-hydrogen) atoms. The number of allylic oxidation sites excluding steroid dienone is 1. The van der Waals surface area contributed by atoms with E-state index in [4.69, 9.17) is 0 Å². The lowest BCUT2D eigenvalue weighted by Crippen LogP contribution is -2.45. The summed E-state index contributed by atoms with van der Waals surface area (Å²) in [6, 6.07) is 10.5. The van der Waals surface area contributed by atoms with Crippen LogP contribution in [-0.4, -0.2) is 11.9 Å². The SMILES string of the molecule is CC1=C(C(=O)Nc2ccccc2)[C@@H](c2cc(C)cs2)NC(=O)N1. The minimum atomic E-state index is -0.439. The Morgan fingerprint density at radius 2 is 1.96 bits per heavy atom. The maximum atomic E-state index is 12.7. The highest BCUT2D eigenvalue weighted by Gasteiger charge is 2.31. The van der Waals surface area contributed by atoms with E-state index in [0.29, 0.717) is 11.3 Å². The highest BCUT2D eigenvalue weighted by atomic mass is 32.1. The first-order valence-electron chi connectivity index (χ1n) is 7.24. The van der Waals surface area contributed by atoms with Crippen LogP contribution < -0.4 is 16.0 Å². The molecule has 0 saturated carbocycles. The van der Waals surface area contributed by atoms with E-state index in [2.05, 4.69) is 16.0 Å². The Balaban J connectivity index is 1.93. The summed E-state index contributed by atoms with van der Waals surface area (Å²) in [6.45, 7) is 3.73. The number of aryl methyl sites for hydroxylation is 1. The molecule has 2 heterocycles. The first kappa shape index (κ1) is 15.3.